The number of nitrogens with one attached hydrogen (secondary N) is 1. The van der Waals surface area contributed by atoms with Crippen molar-refractivity contribution in [1.82, 2.24) is 15.4 Å². The van der Waals surface area contributed by atoms with Crippen LogP contribution in [-0.4, -0.2) is 41.6 Å². The average molecular weight is 251 g/mol. The van der Waals surface area contributed by atoms with E-state index in [2.05, 4.69) is 10.5 Å². The minimum absolute atomic E-state index is 0.0557. The predicted octanol–water partition coefficient (Wildman–Crippen LogP) is 1.59. The van der Waals surface area contributed by atoms with Gasteiger partial charge in [0.15, 0.2) is 0 Å². The Morgan fingerprint density at radius 3 is 3.00 bits per heavy atom. The number of likely N-dealkylation sites (N-methyl/N-ethyl adjacent to an activating group) is 1. The Kier molecular flexibility index (Phi) is 4.36. The van der Waals surface area contributed by atoms with E-state index in [0.717, 1.165) is 25.1 Å². The molecule has 0 spiro atoms. The van der Waals surface area contributed by atoms with Crippen molar-refractivity contribution < 1.29 is 9.32 Å². The van der Waals surface area contributed by atoms with Crippen molar-refractivity contribution >= 4 is 5.91 Å². The summed E-state index contributed by atoms with van der Waals surface area (Å²) in [5, 5.41) is 7.13. The van der Waals surface area contributed by atoms with Gasteiger partial charge in [0.1, 0.15) is 0 Å². The second-order valence-electron chi connectivity index (χ2n) is 4.83. The number of piperidine rings is 1. The van der Waals surface area contributed by atoms with Crippen LogP contribution in [0.2, 0.25) is 0 Å². The van der Waals surface area contributed by atoms with Gasteiger partial charge in [0.05, 0.1) is 6.20 Å². The number of hydrogen-bond donors (Lipinski definition) is 1. The highest BCUT2D eigenvalue weighted by molar-refractivity contribution is 5.92. The summed E-state index contributed by atoms with van der Waals surface area (Å²) in [6.07, 6.45) is 5.20. The van der Waals surface area contributed by atoms with Crippen molar-refractivity contribution in [3.8, 4) is 0 Å². The molecule has 1 atom stereocenters. The average Bonchev–Trinajstić information content (AvgIpc) is 2.82. The van der Waals surface area contributed by atoms with Gasteiger partial charge in [-0.1, -0.05) is 11.6 Å². The summed E-state index contributed by atoms with van der Waals surface area (Å²) in [6, 6.07) is 0.408. The summed E-state index contributed by atoms with van der Waals surface area (Å²) < 4.78 is 5.04. The molecular weight excluding hydrogens is 230 g/mol. The molecule has 1 N–H and O–H groups in total. The van der Waals surface area contributed by atoms with Crippen LogP contribution in [-0.2, 0) is 0 Å². The van der Waals surface area contributed by atoms with Gasteiger partial charge >= 0.3 is 0 Å². The van der Waals surface area contributed by atoms with Crippen LogP contribution in [0.1, 0.15) is 42.3 Å². The Balaban J connectivity index is 1.99. The van der Waals surface area contributed by atoms with Gasteiger partial charge in [0, 0.05) is 24.7 Å². The fraction of sp³-hybridized carbons (Fsp3) is 0.692. The van der Waals surface area contributed by atoms with Crippen LogP contribution < -0.4 is 5.32 Å². The zero-order chi connectivity index (χ0) is 13.0. The van der Waals surface area contributed by atoms with E-state index < -0.39 is 0 Å². The lowest BCUT2D eigenvalue weighted by Crippen LogP contribution is -2.45. The Morgan fingerprint density at radius 1 is 1.61 bits per heavy atom. The molecule has 1 aliphatic heterocycles. The van der Waals surface area contributed by atoms with Crippen molar-refractivity contribution in [3.05, 3.63) is 17.5 Å². The van der Waals surface area contributed by atoms with Crippen LogP contribution in [0.5, 0.6) is 0 Å². The second kappa shape index (κ2) is 6.00. The molecular formula is C13H21N3O2. The molecule has 1 unspecified atom stereocenters. The molecule has 0 saturated carbocycles. The SMILES string of the molecule is CCN(CC1CCCCN1)C(=O)c1oncc1C. The maximum atomic E-state index is 12.3. The smallest absolute Gasteiger partial charge is 0.292 e. The summed E-state index contributed by atoms with van der Waals surface area (Å²) in [5.74, 6) is 0.313. The van der Waals surface area contributed by atoms with Crippen molar-refractivity contribution in [2.45, 2.75) is 39.2 Å². The number of rotatable bonds is 4. The molecule has 0 radical (unpaired) electrons. The van der Waals surface area contributed by atoms with Gasteiger partial charge in [0.2, 0.25) is 5.76 Å². The molecule has 1 fully saturated rings. The Labute approximate surface area is 108 Å². The minimum atomic E-state index is -0.0557. The maximum absolute atomic E-state index is 12.3. The summed E-state index contributed by atoms with van der Waals surface area (Å²) in [4.78, 5) is 14.1. The molecule has 18 heavy (non-hydrogen) atoms. The normalized spacial score (nSPS) is 19.8. The van der Waals surface area contributed by atoms with Crippen LogP contribution in [0, 0.1) is 6.92 Å². The molecule has 5 nitrogen and oxygen atoms in total. The summed E-state index contributed by atoms with van der Waals surface area (Å²) in [6.45, 7) is 6.33. The number of carbonyl (C=O) groups is 1. The summed E-state index contributed by atoms with van der Waals surface area (Å²) >= 11 is 0. The van der Waals surface area contributed by atoms with E-state index in [9.17, 15) is 4.79 Å². The Hall–Kier alpha value is -1.36. The van der Waals surface area contributed by atoms with E-state index >= 15 is 0 Å². The monoisotopic (exact) mass is 251 g/mol. The lowest BCUT2D eigenvalue weighted by atomic mass is 10.0. The highest BCUT2D eigenvalue weighted by atomic mass is 16.5. The third kappa shape index (κ3) is 2.90. The molecule has 5 heteroatoms. The van der Waals surface area contributed by atoms with Gasteiger partial charge in [-0.2, -0.15) is 0 Å². The summed E-state index contributed by atoms with van der Waals surface area (Å²) in [5.41, 5.74) is 0.801. The van der Waals surface area contributed by atoms with Crippen molar-refractivity contribution in [2.24, 2.45) is 0 Å². The largest absolute Gasteiger partial charge is 0.351 e. The molecule has 2 rings (SSSR count). The van der Waals surface area contributed by atoms with Crippen molar-refractivity contribution in [3.63, 3.8) is 0 Å². The Morgan fingerprint density at radius 2 is 2.44 bits per heavy atom. The number of carbonyl (C=O) groups excluding carboxylic acids is 1. The lowest BCUT2D eigenvalue weighted by molar-refractivity contribution is 0.0698. The minimum Gasteiger partial charge on any atom is -0.351 e. The van der Waals surface area contributed by atoms with Gasteiger partial charge in [-0.05, 0) is 33.2 Å². The molecule has 0 aliphatic carbocycles. The van der Waals surface area contributed by atoms with Crippen molar-refractivity contribution in [1.29, 1.82) is 0 Å². The van der Waals surface area contributed by atoms with E-state index in [1.54, 1.807) is 6.20 Å². The van der Waals surface area contributed by atoms with E-state index in [1.165, 1.54) is 12.8 Å². The molecule has 1 aromatic rings. The highest BCUT2D eigenvalue weighted by Crippen LogP contribution is 2.13. The topological polar surface area (TPSA) is 58.4 Å². The van der Waals surface area contributed by atoms with Gasteiger partial charge in [0.25, 0.3) is 5.91 Å². The van der Waals surface area contributed by atoms with E-state index in [0.29, 0.717) is 18.3 Å². The number of hydrogen-bond acceptors (Lipinski definition) is 4. The van der Waals surface area contributed by atoms with Crippen LogP contribution >= 0.6 is 0 Å². The molecule has 1 aliphatic rings. The molecule has 2 heterocycles. The second-order valence-corrected chi connectivity index (χ2v) is 4.83. The van der Waals surface area contributed by atoms with Crippen LogP contribution in [0.15, 0.2) is 10.7 Å². The van der Waals surface area contributed by atoms with Crippen LogP contribution in [0.3, 0.4) is 0 Å². The zero-order valence-corrected chi connectivity index (χ0v) is 11.1. The molecule has 1 saturated heterocycles. The number of aromatic nitrogens is 1. The number of aryl methyl sites for hydroxylation is 1. The fourth-order valence-corrected chi connectivity index (χ4v) is 2.34. The van der Waals surface area contributed by atoms with E-state index in [4.69, 9.17) is 4.52 Å². The number of nitrogens with zero attached hydrogens (tertiary/aromatic N) is 2. The van der Waals surface area contributed by atoms with Gasteiger partial charge in [-0.3, -0.25) is 4.79 Å². The first-order valence-corrected chi connectivity index (χ1v) is 6.66. The maximum Gasteiger partial charge on any atom is 0.292 e. The van der Waals surface area contributed by atoms with Gasteiger partial charge in [-0.25, -0.2) is 0 Å². The van der Waals surface area contributed by atoms with E-state index in [1.807, 2.05) is 18.7 Å². The molecule has 0 bridgehead atoms. The highest BCUT2D eigenvalue weighted by Gasteiger charge is 2.23. The first kappa shape index (κ1) is 13.1. The van der Waals surface area contributed by atoms with Gasteiger partial charge < -0.3 is 14.7 Å². The molecule has 1 aromatic heterocycles. The lowest BCUT2D eigenvalue weighted by Gasteiger charge is -2.29. The molecule has 0 aromatic carbocycles. The van der Waals surface area contributed by atoms with Crippen LogP contribution in [0.4, 0.5) is 0 Å². The fourth-order valence-electron chi connectivity index (χ4n) is 2.34. The predicted molar refractivity (Wildman–Crippen MR) is 68.5 cm³/mol. The number of amides is 1. The first-order chi connectivity index (χ1) is 8.72. The first-order valence-electron chi connectivity index (χ1n) is 6.66. The Bertz CT molecular complexity index is 397. The van der Waals surface area contributed by atoms with Gasteiger partial charge in [-0.15, -0.1) is 0 Å². The standard InChI is InChI=1S/C13H21N3O2/c1-3-16(9-11-6-4-5-7-14-11)13(17)12-10(2)8-15-18-12/h8,11,14H,3-7,9H2,1-2H3. The van der Waals surface area contributed by atoms with E-state index in [-0.39, 0.29) is 5.91 Å². The third-order valence-corrected chi connectivity index (χ3v) is 3.46. The van der Waals surface area contributed by atoms with Crippen LogP contribution in [0.25, 0.3) is 0 Å². The quantitative estimate of drug-likeness (QED) is 0.882. The third-order valence-electron chi connectivity index (χ3n) is 3.46. The summed E-state index contributed by atoms with van der Waals surface area (Å²) in [7, 11) is 0. The molecule has 100 valence electrons. The zero-order valence-electron chi connectivity index (χ0n) is 11.1. The van der Waals surface area contributed by atoms with Crippen molar-refractivity contribution in [2.75, 3.05) is 19.6 Å². The molecule has 1 amide bonds.